The van der Waals surface area contributed by atoms with Crippen LogP contribution >= 0.6 is 0 Å². The smallest absolute Gasteiger partial charge is 0.298 e. The van der Waals surface area contributed by atoms with Crippen molar-refractivity contribution in [3.63, 3.8) is 0 Å². The molecule has 5 nitrogen and oxygen atoms in total. The monoisotopic (exact) mass is 406 g/mol. The van der Waals surface area contributed by atoms with E-state index in [9.17, 15) is 18.1 Å². The van der Waals surface area contributed by atoms with Gasteiger partial charge in [0.2, 0.25) is 0 Å². The van der Waals surface area contributed by atoms with E-state index >= 15 is 0 Å². The molecule has 0 radical (unpaired) electrons. The van der Waals surface area contributed by atoms with Gasteiger partial charge in [-0.15, -0.1) is 0 Å². The zero-order chi connectivity index (χ0) is 20.4. The number of hydrogen-bond acceptors (Lipinski definition) is 4. The van der Waals surface area contributed by atoms with Gasteiger partial charge in [0, 0.05) is 0 Å². The molecule has 0 saturated carbocycles. The maximum Gasteiger partial charge on any atom is 0.298 e. The zero-order valence-corrected chi connectivity index (χ0v) is 17.2. The molecule has 0 aliphatic rings. The van der Waals surface area contributed by atoms with E-state index in [1.54, 1.807) is 18.2 Å². The van der Waals surface area contributed by atoms with Crippen molar-refractivity contribution >= 4 is 10.1 Å². The van der Waals surface area contributed by atoms with Crippen LogP contribution in [0.2, 0.25) is 0 Å². The third-order valence-electron chi connectivity index (χ3n) is 4.73. The zero-order valence-electron chi connectivity index (χ0n) is 16.4. The van der Waals surface area contributed by atoms with Gasteiger partial charge in [-0.1, -0.05) is 76.1 Å². The van der Waals surface area contributed by atoms with E-state index in [0.717, 1.165) is 24.8 Å². The second-order valence-electron chi connectivity index (χ2n) is 7.01. The van der Waals surface area contributed by atoms with E-state index in [2.05, 4.69) is 6.92 Å². The lowest BCUT2D eigenvalue weighted by molar-refractivity contribution is 0.397. The lowest BCUT2D eigenvalue weighted by Gasteiger charge is -2.13. The molecule has 0 saturated heterocycles. The maximum atomic E-state index is 11.5. The van der Waals surface area contributed by atoms with Crippen molar-refractivity contribution in [1.82, 2.24) is 0 Å². The van der Waals surface area contributed by atoms with E-state index < -0.39 is 10.1 Å². The third kappa shape index (κ3) is 6.84. The fraction of sp³-hybridized carbons (Fsp3) is 0.455. The van der Waals surface area contributed by atoms with Crippen molar-refractivity contribution in [3.8, 4) is 17.2 Å². The maximum absolute atomic E-state index is 11.5. The molecule has 0 aromatic heterocycles. The normalized spacial score (nSPS) is 11.5. The van der Waals surface area contributed by atoms with E-state index in [1.165, 1.54) is 56.7 Å². The van der Waals surface area contributed by atoms with Gasteiger partial charge in [0.25, 0.3) is 10.1 Å². The Labute approximate surface area is 168 Å². The Morgan fingerprint density at radius 2 is 1.43 bits per heavy atom. The lowest BCUT2D eigenvalue weighted by atomic mass is 10.0. The van der Waals surface area contributed by atoms with Gasteiger partial charge in [0.15, 0.2) is 11.5 Å². The van der Waals surface area contributed by atoms with E-state index in [4.69, 9.17) is 4.74 Å². The molecule has 2 N–H and O–H groups in total. The fourth-order valence-electron chi connectivity index (χ4n) is 3.17. The highest BCUT2D eigenvalue weighted by molar-refractivity contribution is 7.86. The van der Waals surface area contributed by atoms with Gasteiger partial charge in [0.1, 0.15) is 10.6 Å². The number of aryl methyl sites for hydroxylation is 1. The van der Waals surface area contributed by atoms with Gasteiger partial charge < -0.3 is 9.84 Å². The largest absolute Gasteiger partial charge is 0.504 e. The number of benzene rings is 2. The fourth-order valence-corrected chi connectivity index (χ4v) is 3.78. The van der Waals surface area contributed by atoms with Crippen LogP contribution in [0.3, 0.4) is 0 Å². The molecule has 6 heteroatoms. The van der Waals surface area contributed by atoms with Gasteiger partial charge in [0.05, 0.1) is 0 Å². The molecule has 2 aromatic carbocycles. The summed E-state index contributed by atoms with van der Waals surface area (Å²) in [5.74, 6) is 0.160. The Morgan fingerprint density at radius 3 is 2.11 bits per heavy atom. The van der Waals surface area contributed by atoms with Crippen molar-refractivity contribution in [2.24, 2.45) is 0 Å². The van der Waals surface area contributed by atoms with Gasteiger partial charge in [-0.25, -0.2) is 0 Å². The molecule has 28 heavy (non-hydrogen) atoms. The van der Waals surface area contributed by atoms with Crippen LogP contribution in [0.15, 0.2) is 47.4 Å². The molecule has 0 unspecified atom stereocenters. The minimum absolute atomic E-state index is 0.00980. The number of rotatable bonds is 12. The summed E-state index contributed by atoms with van der Waals surface area (Å²) in [5.41, 5.74) is 0.771. The summed E-state index contributed by atoms with van der Waals surface area (Å²) < 4.78 is 37.9. The summed E-state index contributed by atoms with van der Waals surface area (Å²) in [6, 6.07) is 11.0. The molecule has 0 bridgehead atoms. The molecule has 0 heterocycles. The molecule has 0 aliphatic carbocycles. The first-order chi connectivity index (χ1) is 13.4. The van der Waals surface area contributed by atoms with E-state index in [1.807, 2.05) is 6.07 Å². The summed E-state index contributed by atoms with van der Waals surface area (Å²) in [6.07, 6.45) is 10.4. The summed E-state index contributed by atoms with van der Waals surface area (Å²) in [5, 5.41) is 10.5. The van der Waals surface area contributed by atoms with Crippen molar-refractivity contribution in [1.29, 1.82) is 0 Å². The quantitative estimate of drug-likeness (QED) is 0.328. The summed E-state index contributed by atoms with van der Waals surface area (Å²) in [7, 11) is -4.41. The average molecular weight is 407 g/mol. The first-order valence-electron chi connectivity index (χ1n) is 9.98. The Hall–Kier alpha value is -2.05. The standard InChI is InChI=1S/C22H30O5S/c1-2-3-4-5-6-7-8-9-13-18-14-12-16-20(22(18)23)27-19-15-10-11-17-21(19)28(24,25)26/h10-12,14-17,23H,2-9,13H2,1H3,(H,24,25,26). The van der Waals surface area contributed by atoms with Crippen LogP contribution in [0.25, 0.3) is 0 Å². The highest BCUT2D eigenvalue weighted by Gasteiger charge is 2.18. The summed E-state index contributed by atoms with van der Waals surface area (Å²) in [4.78, 5) is -0.331. The number of para-hydroxylation sites is 2. The number of unbranched alkanes of at least 4 members (excludes halogenated alkanes) is 7. The van der Waals surface area contributed by atoms with Crippen molar-refractivity contribution in [2.75, 3.05) is 0 Å². The molecule has 2 rings (SSSR count). The predicted molar refractivity (Wildman–Crippen MR) is 111 cm³/mol. The molecule has 0 aliphatic heterocycles. The van der Waals surface area contributed by atoms with Crippen molar-refractivity contribution < 1.29 is 22.8 Å². The SMILES string of the molecule is CCCCCCCCCCc1cccc(Oc2ccccc2S(=O)(=O)O)c1O. The molecule has 0 fully saturated rings. The predicted octanol–water partition coefficient (Wildman–Crippen LogP) is 6.11. The van der Waals surface area contributed by atoms with Gasteiger partial charge >= 0.3 is 0 Å². The number of ether oxygens (including phenoxy) is 1. The molecule has 0 spiro atoms. The number of hydrogen-bond donors (Lipinski definition) is 2. The lowest BCUT2D eigenvalue weighted by Crippen LogP contribution is -2.01. The topological polar surface area (TPSA) is 83.8 Å². The summed E-state index contributed by atoms with van der Waals surface area (Å²) in [6.45, 7) is 2.21. The van der Waals surface area contributed by atoms with Crippen LogP contribution in [0.5, 0.6) is 17.2 Å². The number of phenolic OH excluding ortho intramolecular Hbond substituents is 1. The second-order valence-corrected chi connectivity index (χ2v) is 8.40. The van der Waals surface area contributed by atoms with Crippen molar-refractivity contribution in [3.05, 3.63) is 48.0 Å². The van der Waals surface area contributed by atoms with Crippen LogP contribution in [0, 0.1) is 0 Å². The van der Waals surface area contributed by atoms with Crippen LogP contribution in [0.4, 0.5) is 0 Å². The highest BCUT2D eigenvalue weighted by Crippen LogP contribution is 2.36. The Kier molecular flexibility index (Phi) is 8.80. The molecular weight excluding hydrogens is 376 g/mol. The molecule has 0 amide bonds. The minimum Gasteiger partial charge on any atom is -0.504 e. The summed E-state index contributed by atoms with van der Waals surface area (Å²) >= 11 is 0. The van der Waals surface area contributed by atoms with Gasteiger partial charge in [-0.3, -0.25) is 4.55 Å². The number of phenols is 1. The van der Waals surface area contributed by atoms with Crippen LogP contribution in [-0.2, 0) is 16.5 Å². The Balaban J connectivity index is 1.95. The van der Waals surface area contributed by atoms with Crippen molar-refractivity contribution in [2.45, 2.75) is 69.6 Å². The number of aromatic hydroxyl groups is 1. The minimum atomic E-state index is -4.41. The first-order valence-corrected chi connectivity index (χ1v) is 11.4. The average Bonchev–Trinajstić information content (AvgIpc) is 2.66. The molecule has 0 atom stereocenters. The third-order valence-corrected chi connectivity index (χ3v) is 5.62. The second kappa shape index (κ2) is 11.1. The van der Waals surface area contributed by atoms with Gasteiger partial charge in [-0.2, -0.15) is 8.42 Å². The van der Waals surface area contributed by atoms with Crippen LogP contribution in [-0.4, -0.2) is 18.1 Å². The first kappa shape index (κ1) is 22.2. The molecule has 2 aromatic rings. The molecular formula is C22H30O5S. The Morgan fingerprint density at radius 1 is 0.821 bits per heavy atom. The van der Waals surface area contributed by atoms with E-state index in [-0.39, 0.29) is 22.1 Å². The highest BCUT2D eigenvalue weighted by atomic mass is 32.2. The Bertz CT molecular complexity index is 846. The van der Waals surface area contributed by atoms with E-state index in [0.29, 0.717) is 0 Å². The molecule has 154 valence electrons. The van der Waals surface area contributed by atoms with Crippen LogP contribution < -0.4 is 4.74 Å². The van der Waals surface area contributed by atoms with Crippen LogP contribution in [0.1, 0.15) is 63.9 Å². The van der Waals surface area contributed by atoms with Gasteiger partial charge in [-0.05, 0) is 36.6 Å².